The van der Waals surface area contributed by atoms with E-state index in [1.807, 2.05) is 36.4 Å². The Labute approximate surface area is 562 Å². The quantitative estimate of drug-likeness (QED) is 0.0854. The van der Waals surface area contributed by atoms with Crippen molar-refractivity contribution in [3.63, 3.8) is 0 Å². The normalized spacial score (nSPS) is 20.3. The molecule has 1 aliphatic carbocycles. The number of likely N-dealkylation sites (N-methyl/N-ethyl adjacent to an activating group) is 1. The second-order valence-corrected chi connectivity index (χ2v) is 23.5. The van der Waals surface area contributed by atoms with Gasteiger partial charge in [-0.2, -0.15) is 0 Å². The monoisotopic (exact) mass is 1280 g/mol. The molecule has 6 amide bonds. The number of rotatable bonds is 15. The zero-order valence-electron chi connectivity index (χ0n) is 53.3. The van der Waals surface area contributed by atoms with Crippen molar-refractivity contribution in [1.29, 1.82) is 0 Å². The number of nitrogens with zero attached hydrogens (tertiary/aromatic N) is 5. The summed E-state index contributed by atoms with van der Waals surface area (Å²) in [5, 5.41) is 12.1. The third-order valence-electron chi connectivity index (χ3n) is 17.3. The summed E-state index contributed by atoms with van der Waals surface area (Å²) in [4.78, 5) is 122. The van der Waals surface area contributed by atoms with Gasteiger partial charge >= 0.3 is 29.6 Å². The summed E-state index contributed by atoms with van der Waals surface area (Å²) >= 11 is 0. The summed E-state index contributed by atoms with van der Waals surface area (Å²) in [7, 11) is 0.699. The number of carbonyl (C=O) groups is 10. The van der Waals surface area contributed by atoms with Crippen LogP contribution in [0.15, 0.2) is 72.8 Å². The van der Waals surface area contributed by atoms with Gasteiger partial charge < -0.3 is 43.4 Å². The van der Waals surface area contributed by atoms with Crippen LogP contribution in [0.5, 0.6) is 11.5 Å². The summed E-state index contributed by atoms with van der Waals surface area (Å²) in [6.45, 7) is 15.4. The summed E-state index contributed by atoms with van der Waals surface area (Å²) < 4.78 is 20.9. The van der Waals surface area contributed by atoms with E-state index in [0.29, 0.717) is 70.0 Å². The first-order valence-corrected chi connectivity index (χ1v) is 31.4. The van der Waals surface area contributed by atoms with Gasteiger partial charge in [-0.05, 0) is 166 Å². The number of fused-ring (bicyclic) bond motifs is 4. The number of benzene rings is 4. The van der Waals surface area contributed by atoms with Gasteiger partial charge in [-0.25, -0.2) is 0 Å². The maximum absolute atomic E-state index is 13.0. The van der Waals surface area contributed by atoms with Crippen molar-refractivity contribution >= 4 is 73.0 Å². The summed E-state index contributed by atoms with van der Waals surface area (Å²) in [6.07, 6.45) is 13.9. The van der Waals surface area contributed by atoms with Gasteiger partial charge in [0.15, 0.2) is 0 Å². The van der Waals surface area contributed by atoms with Crippen LogP contribution in [0.3, 0.4) is 0 Å². The van der Waals surface area contributed by atoms with Crippen LogP contribution in [0.1, 0.15) is 172 Å². The van der Waals surface area contributed by atoms with Gasteiger partial charge in [0.25, 0.3) is 29.7 Å². The number of carbonyl (C=O) groups excluding carboxylic acids is 9. The van der Waals surface area contributed by atoms with Crippen LogP contribution in [0.4, 0.5) is 5.69 Å². The van der Waals surface area contributed by atoms with Crippen molar-refractivity contribution < 1.29 is 101 Å². The minimum Gasteiger partial charge on any atom is -0.702 e. The second kappa shape index (κ2) is 35.6. The van der Waals surface area contributed by atoms with Gasteiger partial charge in [0.1, 0.15) is 50.8 Å². The van der Waals surface area contributed by atoms with Crippen LogP contribution in [-0.2, 0) is 93.1 Å². The van der Waals surface area contributed by atoms with Crippen LogP contribution in [0.2, 0.25) is 0 Å². The van der Waals surface area contributed by atoms with Gasteiger partial charge in [0, 0.05) is 102 Å². The minimum atomic E-state index is -0.833. The van der Waals surface area contributed by atoms with Gasteiger partial charge in [0.2, 0.25) is 23.6 Å². The maximum Gasteiger partial charge on any atom is 1.00 e. The van der Waals surface area contributed by atoms with Crippen molar-refractivity contribution in [3.8, 4) is 11.5 Å². The Balaban J connectivity index is 0.000000233. The first-order chi connectivity index (χ1) is 43.3. The molecule has 22 nitrogen and oxygen atoms in total. The first kappa shape index (κ1) is 73.6. The molecule has 0 spiro atoms. The van der Waals surface area contributed by atoms with Gasteiger partial charge in [-0.3, -0.25) is 63.6 Å². The topological polar surface area (TPSA) is 268 Å². The molecule has 488 valence electrons. The number of nitrogens with one attached hydrogen (secondary N) is 2. The fraction of sp³-hybridized carbons (Fsp3) is 0.500. The van der Waals surface area contributed by atoms with Crippen LogP contribution < -0.4 is 54.6 Å². The van der Waals surface area contributed by atoms with Crippen molar-refractivity contribution in [2.45, 2.75) is 182 Å². The number of hydrogen-bond acceptors (Lipinski definition) is 17. The van der Waals surface area contributed by atoms with Crippen molar-refractivity contribution in [3.05, 3.63) is 123 Å². The Hall–Kier alpha value is -7.44. The Morgan fingerprint density at radius 3 is 1.53 bits per heavy atom. The number of likely N-dealkylation sites (tertiary alicyclic amines) is 2. The number of aryl methyl sites for hydroxylation is 1. The predicted octanol–water partition coefficient (Wildman–Crippen LogP) is 4.22. The Morgan fingerprint density at radius 1 is 0.598 bits per heavy atom. The molecule has 4 aromatic carbocycles. The SMILES string of the molecule is C.CC(=O)O.CC(=O)O[B-]OC(C)=O.CC=O.CCN1CCc2cccc(CN3CCCC[C@@H]3COc3ccc4c(c3)CN(C3CCC(=O)NC3=O)C4=O)c21.O=C1CCC(N2Cc3cc(OC[C@H]4CCCCN4Cc4cccc5c4CCC5)ccc3C2=O)C(=O)N1.[Na+]. The molecular formula is C68H87BN7NaO15. The number of ether oxygens (including phenoxy) is 2. The Kier molecular flexibility index (Phi) is 28.5. The third kappa shape index (κ3) is 19.6. The predicted molar refractivity (Wildman–Crippen MR) is 340 cm³/mol. The average Bonchev–Trinajstić information content (AvgIpc) is 1.64. The molecule has 4 aromatic rings. The molecular weight excluding hydrogens is 1190 g/mol. The van der Waals surface area contributed by atoms with Crippen molar-refractivity contribution in [2.75, 3.05) is 44.3 Å². The standard InChI is InChI=1S/C30H36N4O4.C29H33N3O4.C4H6BO4.C2H4O2.C2H4O.CH4.Na/c1-2-32-15-13-20-6-5-7-21(28(20)32)17-33-14-4-3-8-23(33)19-38-24-9-10-25-22(16-24)18-34(30(25)37)26-11-12-27(35)31-29(26)36;33-27-13-12-26(28(34)30-27)32-17-21-15-23(10-11-25(21)29(32)35)36-18-22-8-1-2-14-31(22)16-20-7-3-5-19-6-4-9-24(19)20;1-3(6)8-5-9-4(2)7;1-2(3)4;1-2-3;;/h5-7,9-10,16,23,26H,2-4,8,11-15,17-19H2,1H3,(H,31,35,36);3,5,7,10-11,15,22,26H,1-2,4,6,8-9,12-14,16-18H2,(H,30,33,34);1-2H3;1H3,(H,3,4);2H,1H3;1H4;/q;;-1;;;;+1/t23-,26?;22-,26?;;;;;/m11...../s1. The number of carboxylic acids is 1. The molecule has 8 aliphatic rings. The number of aliphatic carboxylic acids is 1. The zero-order valence-corrected chi connectivity index (χ0v) is 55.3. The number of anilines is 1. The van der Waals surface area contributed by atoms with E-state index in [1.54, 1.807) is 15.4 Å². The maximum atomic E-state index is 13.0. The van der Waals surface area contributed by atoms with Crippen LogP contribution in [0.25, 0.3) is 0 Å². The van der Waals surface area contributed by atoms with E-state index >= 15 is 0 Å². The zero-order chi connectivity index (χ0) is 64.4. The fourth-order valence-corrected chi connectivity index (χ4v) is 13.1. The minimum absolute atomic E-state index is 0. The number of aldehydes is 1. The average molecular weight is 1280 g/mol. The molecule has 92 heavy (non-hydrogen) atoms. The van der Waals surface area contributed by atoms with E-state index in [0.717, 1.165) is 94.4 Å². The summed E-state index contributed by atoms with van der Waals surface area (Å²) in [6, 6.07) is 24.3. The first-order valence-electron chi connectivity index (χ1n) is 31.4. The molecule has 4 fully saturated rings. The van der Waals surface area contributed by atoms with E-state index in [-0.39, 0.29) is 85.3 Å². The summed E-state index contributed by atoms with van der Waals surface area (Å²) in [5.74, 6) is -1.98. The number of hydrogen-bond donors (Lipinski definition) is 3. The summed E-state index contributed by atoms with van der Waals surface area (Å²) in [5.41, 5.74) is 11.9. The number of para-hydroxylation sites is 1. The van der Waals surface area contributed by atoms with E-state index < -0.39 is 30.0 Å². The van der Waals surface area contributed by atoms with Crippen LogP contribution >= 0.6 is 0 Å². The molecule has 4 saturated heterocycles. The van der Waals surface area contributed by atoms with Crippen LogP contribution in [-0.4, -0.2) is 156 Å². The third-order valence-corrected chi connectivity index (χ3v) is 17.3. The molecule has 7 aliphatic heterocycles. The van der Waals surface area contributed by atoms with E-state index in [2.05, 4.69) is 78.0 Å². The molecule has 0 saturated carbocycles. The fourth-order valence-electron chi connectivity index (χ4n) is 13.1. The molecule has 12 rings (SSSR count). The molecule has 24 heteroatoms. The van der Waals surface area contributed by atoms with Crippen molar-refractivity contribution in [2.24, 2.45) is 0 Å². The second-order valence-electron chi connectivity index (χ2n) is 23.5. The van der Waals surface area contributed by atoms with E-state index in [9.17, 15) is 38.4 Å². The van der Waals surface area contributed by atoms with Gasteiger partial charge in [0.05, 0.1) is 0 Å². The number of carboxylic acid groups (broad SMARTS) is 1. The van der Waals surface area contributed by atoms with Gasteiger partial charge in [-0.15, -0.1) is 0 Å². The largest absolute Gasteiger partial charge is 1.00 e. The molecule has 3 N–H and O–H groups in total. The Bertz CT molecular complexity index is 3290. The van der Waals surface area contributed by atoms with E-state index in [1.165, 1.54) is 93.7 Å². The van der Waals surface area contributed by atoms with Gasteiger partial charge in [-0.1, -0.05) is 56.7 Å². The number of amides is 6. The Morgan fingerprint density at radius 2 is 1.07 bits per heavy atom. The van der Waals surface area contributed by atoms with Crippen molar-refractivity contribution in [1.82, 2.24) is 30.2 Å². The molecule has 2 radical (unpaired) electrons. The number of imide groups is 2. The van der Waals surface area contributed by atoms with E-state index in [4.69, 9.17) is 24.2 Å². The smallest absolute Gasteiger partial charge is 0.702 e. The molecule has 0 bridgehead atoms. The molecule has 7 heterocycles. The van der Waals surface area contributed by atoms with Crippen LogP contribution in [0, 0.1) is 0 Å². The molecule has 4 atom stereocenters. The molecule has 0 aromatic heterocycles. The number of piperidine rings is 4. The molecule has 2 unspecified atom stereocenters.